The summed E-state index contributed by atoms with van der Waals surface area (Å²) in [4.78, 5) is 16.0. The fourth-order valence-electron chi connectivity index (χ4n) is 1.32. The third-order valence-corrected chi connectivity index (χ3v) is 3.22. The summed E-state index contributed by atoms with van der Waals surface area (Å²) in [5.74, 6) is -0.216. The van der Waals surface area contributed by atoms with Crippen LogP contribution in [0, 0.1) is 11.3 Å². The quantitative estimate of drug-likeness (QED) is 0.792. The molecule has 1 aromatic rings. The van der Waals surface area contributed by atoms with Crippen LogP contribution in [0.1, 0.15) is 35.3 Å². The zero-order chi connectivity index (χ0) is 12.7. The van der Waals surface area contributed by atoms with Crippen LogP contribution in [0.2, 0.25) is 0 Å². The van der Waals surface area contributed by atoms with E-state index in [1.165, 1.54) is 11.3 Å². The monoisotopic (exact) mass is 252 g/mol. The molecule has 5 nitrogen and oxygen atoms in total. The van der Waals surface area contributed by atoms with Crippen molar-refractivity contribution in [2.45, 2.75) is 32.2 Å². The minimum atomic E-state index is -0.216. The van der Waals surface area contributed by atoms with E-state index in [4.69, 9.17) is 11.0 Å². The molecule has 1 rings (SSSR count). The first kappa shape index (κ1) is 13.6. The predicted molar refractivity (Wildman–Crippen MR) is 66.6 cm³/mol. The maximum absolute atomic E-state index is 11.8. The molecule has 1 heterocycles. The first-order valence-corrected chi connectivity index (χ1v) is 6.41. The first-order chi connectivity index (χ1) is 8.21. The Hall–Kier alpha value is -1.45. The van der Waals surface area contributed by atoms with Crippen LogP contribution >= 0.6 is 11.3 Å². The summed E-state index contributed by atoms with van der Waals surface area (Å²) < 4.78 is 0. The maximum Gasteiger partial charge on any atom is 0.271 e. The van der Waals surface area contributed by atoms with Gasteiger partial charge in [-0.3, -0.25) is 4.79 Å². The number of hydrogen-bond acceptors (Lipinski definition) is 5. The highest BCUT2D eigenvalue weighted by Crippen LogP contribution is 2.10. The van der Waals surface area contributed by atoms with Crippen LogP contribution < -0.4 is 11.1 Å². The Kier molecular flexibility index (Phi) is 5.60. The van der Waals surface area contributed by atoms with Gasteiger partial charge in [-0.2, -0.15) is 5.26 Å². The van der Waals surface area contributed by atoms with Gasteiger partial charge in [-0.15, -0.1) is 11.3 Å². The van der Waals surface area contributed by atoms with Crippen LogP contribution in [0.3, 0.4) is 0 Å². The van der Waals surface area contributed by atoms with Crippen molar-refractivity contribution in [1.82, 2.24) is 10.3 Å². The SMILES string of the molecule is CCC(CC#N)NC(=O)c1csc(CCN)n1. The second kappa shape index (κ2) is 6.99. The summed E-state index contributed by atoms with van der Waals surface area (Å²) in [6.45, 7) is 2.46. The molecule has 0 saturated heterocycles. The molecular weight excluding hydrogens is 236 g/mol. The van der Waals surface area contributed by atoms with E-state index >= 15 is 0 Å². The molecule has 0 spiro atoms. The fourth-order valence-corrected chi connectivity index (χ4v) is 2.11. The Morgan fingerprint density at radius 2 is 2.53 bits per heavy atom. The topological polar surface area (TPSA) is 91.8 Å². The number of aromatic nitrogens is 1. The van der Waals surface area contributed by atoms with Crippen molar-refractivity contribution < 1.29 is 4.79 Å². The molecule has 0 aliphatic heterocycles. The Balaban J connectivity index is 2.59. The first-order valence-electron chi connectivity index (χ1n) is 5.53. The van der Waals surface area contributed by atoms with Crippen LogP contribution in [-0.4, -0.2) is 23.5 Å². The largest absolute Gasteiger partial charge is 0.347 e. The van der Waals surface area contributed by atoms with Crippen molar-refractivity contribution in [2.24, 2.45) is 5.73 Å². The molecule has 0 aliphatic carbocycles. The van der Waals surface area contributed by atoms with E-state index in [9.17, 15) is 4.79 Å². The third-order valence-electron chi connectivity index (χ3n) is 2.31. The molecule has 1 amide bonds. The number of nitrogens with two attached hydrogens (primary N) is 1. The smallest absolute Gasteiger partial charge is 0.271 e. The standard InChI is InChI=1S/C11H16N4OS/c1-2-8(3-5-12)14-11(16)9-7-17-10(15-9)4-6-13/h7-8H,2-4,6,13H2,1H3,(H,14,16). The number of rotatable bonds is 6. The fraction of sp³-hybridized carbons (Fsp3) is 0.545. The number of carbonyl (C=O) groups excluding carboxylic acids is 1. The lowest BCUT2D eigenvalue weighted by molar-refractivity contribution is 0.0932. The molecule has 1 aromatic heterocycles. The van der Waals surface area contributed by atoms with Crippen LogP contribution in [0.25, 0.3) is 0 Å². The molecule has 1 atom stereocenters. The normalized spacial score (nSPS) is 11.8. The lowest BCUT2D eigenvalue weighted by Crippen LogP contribution is -2.34. The van der Waals surface area contributed by atoms with Crippen molar-refractivity contribution >= 4 is 17.2 Å². The average molecular weight is 252 g/mol. The summed E-state index contributed by atoms with van der Waals surface area (Å²) >= 11 is 1.43. The molecule has 0 bridgehead atoms. The van der Waals surface area contributed by atoms with Crippen molar-refractivity contribution in [2.75, 3.05) is 6.54 Å². The second-order valence-electron chi connectivity index (χ2n) is 3.61. The van der Waals surface area contributed by atoms with Gasteiger partial charge in [-0.25, -0.2) is 4.98 Å². The van der Waals surface area contributed by atoms with Gasteiger partial charge in [0.25, 0.3) is 5.91 Å². The summed E-state index contributed by atoms with van der Waals surface area (Å²) in [5.41, 5.74) is 5.83. The zero-order valence-corrected chi connectivity index (χ0v) is 10.6. The predicted octanol–water partition coefficient (Wildman–Crippen LogP) is 1.07. The van der Waals surface area contributed by atoms with Gasteiger partial charge in [0.05, 0.1) is 17.5 Å². The van der Waals surface area contributed by atoms with E-state index in [1.54, 1.807) is 5.38 Å². The molecule has 3 N–H and O–H groups in total. The number of nitrogens with zero attached hydrogens (tertiary/aromatic N) is 2. The van der Waals surface area contributed by atoms with Gasteiger partial charge >= 0.3 is 0 Å². The molecule has 0 saturated carbocycles. The maximum atomic E-state index is 11.8. The summed E-state index contributed by atoms with van der Waals surface area (Å²) in [6, 6.07) is 1.95. The van der Waals surface area contributed by atoms with Crippen LogP contribution in [0.15, 0.2) is 5.38 Å². The molecule has 0 radical (unpaired) electrons. The average Bonchev–Trinajstić information content (AvgIpc) is 2.77. The van der Waals surface area contributed by atoms with Crippen LogP contribution in [0.4, 0.5) is 0 Å². The molecule has 17 heavy (non-hydrogen) atoms. The molecule has 0 fully saturated rings. The Bertz CT molecular complexity index is 410. The van der Waals surface area contributed by atoms with E-state index in [0.717, 1.165) is 11.4 Å². The number of amides is 1. The number of hydrogen-bond donors (Lipinski definition) is 2. The Labute approximate surface area is 105 Å². The highest BCUT2D eigenvalue weighted by atomic mass is 32.1. The van der Waals surface area contributed by atoms with Crippen molar-refractivity contribution in [3.05, 3.63) is 16.1 Å². The number of thiazole rings is 1. The van der Waals surface area contributed by atoms with Gasteiger partial charge in [0.2, 0.25) is 0 Å². The molecule has 92 valence electrons. The van der Waals surface area contributed by atoms with Crippen LogP contribution in [0.5, 0.6) is 0 Å². The number of nitrogens with one attached hydrogen (secondary N) is 1. The molecule has 0 aromatic carbocycles. The van der Waals surface area contributed by atoms with Gasteiger partial charge in [0.15, 0.2) is 0 Å². The third kappa shape index (κ3) is 4.13. The summed E-state index contributed by atoms with van der Waals surface area (Å²) in [7, 11) is 0. The highest BCUT2D eigenvalue weighted by Gasteiger charge is 2.14. The van der Waals surface area contributed by atoms with E-state index in [2.05, 4.69) is 16.4 Å². The van der Waals surface area contributed by atoms with Crippen molar-refractivity contribution in [3.8, 4) is 6.07 Å². The lowest BCUT2D eigenvalue weighted by atomic mass is 10.1. The second-order valence-corrected chi connectivity index (χ2v) is 4.55. The Morgan fingerprint density at radius 3 is 3.12 bits per heavy atom. The van der Waals surface area contributed by atoms with E-state index < -0.39 is 0 Å². The molecular formula is C11H16N4OS. The van der Waals surface area contributed by atoms with Gasteiger partial charge in [-0.05, 0) is 13.0 Å². The van der Waals surface area contributed by atoms with Crippen molar-refractivity contribution in [3.63, 3.8) is 0 Å². The van der Waals surface area contributed by atoms with Gasteiger partial charge in [0, 0.05) is 17.8 Å². The number of carbonyl (C=O) groups is 1. The molecule has 1 unspecified atom stereocenters. The van der Waals surface area contributed by atoms with Gasteiger partial charge in [0.1, 0.15) is 5.69 Å². The van der Waals surface area contributed by atoms with E-state index in [-0.39, 0.29) is 11.9 Å². The van der Waals surface area contributed by atoms with Crippen LogP contribution in [-0.2, 0) is 6.42 Å². The summed E-state index contributed by atoms with van der Waals surface area (Å²) in [6.07, 6.45) is 1.74. The Morgan fingerprint density at radius 1 is 1.76 bits per heavy atom. The zero-order valence-electron chi connectivity index (χ0n) is 9.77. The number of nitriles is 1. The van der Waals surface area contributed by atoms with E-state index in [1.807, 2.05) is 6.92 Å². The van der Waals surface area contributed by atoms with E-state index in [0.29, 0.717) is 25.1 Å². The van der Waals surface area contributed by atoms with Gasteiger partial charge in [-0.1, -0.05) is 6.92 Å². The molecule has 0 aliphatic rings. The van der Waals surface area contributed by atoms with Gasteiger partial charge < -0.3 is 11.1 Å². The highest BCUT2D eigenvalue weighted by molar-refractivity contribution is 7.09. The van der Waals surface area contributed by atoms with Crippen molar-refractivity contribution in [1.29, 1.82) is 5.26 Å². The minimum Gasteiger partial charge on any atom is -0.347 e. The minimum absolute atomic E-state index is 0.104. The summed E-state index contributed by atoms with van der Waals surface area (Å²) in [5, 5.41) is 14.0. The molecule has 6 heteroatoms. The lowest BCUT2D eigenvalue weighted by Gasteiger charge is -2.11.